The Hall–Kier alpha value is -0.751. The molecule has 1 aliphatic heterocycles. The molecule has 6 nitrogen and oxygen atoms in total. The van der Waals surface area contributed by atoms with Crippen LogP contribution in [0.25, 0.3) is 0 Å². The molecule has 0 unspecified atom stereocenters. The Morgan fingerprint density at radius 1 is 1.62 bits per heavy atom. The molecule has 0 saturated heterocycles. The number of hydrogen-bond acceptors (Lipinski definition) is 6. The molecule has 2 atom stereocenters. The average Bonchev–Trinajstić information content (AvgIpc) is 2.32. The van der Waals surface area contributed by atoms with Gasteiger partial charge in [0.1, 0.15) is 11.9 Å². The van der Waals surface area contributed by atoms with E-state index in [1.54, 1.807) is 0 Å². The van der Waals surface area contributed by atoms with Gasteiger partial charge in [0.05, 0.1) is 6.61 Å². The van der Waals surface area contributed by atoms with E-state index >= 15 is 0 Å². The van der Waals surface area contributed by atoms with Crippen molar-refractivity contribution in [2.75, 3.05) is 6.61 Å². The predicted molar refractivity (Wildman–Crippen MR) is 32.6 cm³/mol. The maximum absolute atomic E-state index is 10.6. The minimum Gasteiger partial charge on any atom is -0.865 e. The first-order chi connectivity index (χ1) is 5.57. The summed E-state index contributed by atoms with van der Waals surface area (Å²) in [7, 11) is 0. The van der Waals surface area contributed by atoms with Gasteiger partial charge in [0.2, 0.25) is 0 Å². The monoisotopic (exact) mass is 231 g/mol. The second kappa shape index (κ2) is 4.48. The van der Waals surface area contributed by atoms with Gasteiger partial charge in [-0.05, 0) is 0 Å². The number of cyclic esters (lactones) is 1. The van der Waals surface area contributed by atoms with Crippen molar-refractivity contribution in [3.63, 3.8) is 0 Å². The summed E-state index contributed by atoms with van der Waals surface area (Å²) >= 11 is 0. The van der Waals surface area contributed by atoms with Crippen molar-refractivity contribution in [1.82, 2.24) is 0 Å². The predicted octanol–water partition coefficient (Wildman–Crippen LogP) is -2.61. The van der Waals surface area contributed by atoms with Gasteiger partial charge in [0, 0.05) is 5.76 Å². The van der Waals surface area contributed by atoms with Gasteiger partial charge in [-0.3, -0.25) is 0 Å². The second-order valence-electron chi connectivity index (χ2n) is 2.29. The van der Waals surface area contributed by atoms with Gasteiger partial charge in [-0.1, -0.05) is 0 Å². The summed E-state index contributed by atoms with van der Waals surface area (Å²) in [6.07, 6.45) is -2.88. The average molecular weight is 231 g/mol. The topological polar surface area (TPSA) is 110 Å². The van der Waals surface area contributed by atoms with Crippen molar-refractivity contribution >= 4 is 5.97 Å². The number of aliphatic hydroxyl groups is 3. The van der Waals surface area contributed by atoms with Gasteiger partial charge in [0.25, 0.3) is 0 Å². The first-order valence-corrected chi connectivity index (χ1v) is 3.18. The van der Waals surface area contributed by atoms with Crippen LogP contribution in [0.3, 0.4) is 0 Å². The fourth-order valence-corrected chi connectivity index (χ4v) is 0.815. The third-order valence-electron chi connectivity index (χ3n) is 1.46. The van der Waals surface area contributed by atoms with E-state index in [0.717, 1.165) is 0 Å². The molecule has 0 bridgehead atoms. The van der Waals surface area contributed by atoms with E-state index in [2.05, 4.69) is 4.74 Å². The van der Waals surface area contributed by atoms with E-state index in [-0.39, 0.29) is 17.1 Å². The summed E-state index contributed by atoms with van der Waals surface area (Å²) in [6, 6.07) is 0. The molecule has 0 fully saturated rings. The molecule has 3 N–H and O–H groups in total. The van der Waals surface area contributed by atoms with Crippen LogP contribution in [0.15, 0.2) is 11.5 Å². The SMILES string of the molecule is O=C1O[C@H]([C@@H](O)CO)C(O)=C1[O-].[Fe+3]. The van der Waals surface area contributed by atoms with Gasteiger partial charge in [-0.2, -0.15) is 0 Å². The van der Waals surface area contributed by atoms with E-state index in [1.165, 1.54) is 0 Å². The fraction of sp³-hybridized carbons (Fsp3) is 0.500. The summed E-state index contributed by atoms with van der Waals surface area (Å²) in [6.45, 7) is -0.699. The first kappa shape index (κ1) is 12.2. The Morgan fingerprint density at radius 3 is 2.46 bits per heavy atom. The largest absolute Gasteiger partial charge is 3.00 e. The van der Waals surface area contributed by atoms with Crippen LogP contribution in [0.4, 0.5) is 0 Å². The van der Waals surface area contributed by atoms with Crippen LogP contribution in [0.2, 0.25) is 0 Å². The molecule has 1 rings (SSSR count). The Kier molecular flexibility index (Phi) is 4.22. The van der Waals surface area contributed by atoms with Crippen molar-refractivity contribution in [1.29, 1.82) is 0 Å². The van der Waals surface area contributed by atoms with Crippen LogP contribution in [-0.4, -0.2) is 40.1 Å². The molecule has 1 radical (unpaired) electrons. The molecule has 0 aromatic carbocycles. The van der Waals surface area contributed by atoms with E-state index in [0.29, 0.717) is 0 Å². The summed E-state index contributed by atoms with van der Waals surface area (Å²) in [4.78, 5) is 10.5. The van der Waals surface area contributed by atoms with Crippen molar-refractivity contribution in [2.45, 2.75) is 12.2 Å². The maximum atomic E-state index is 10.6. The van der Waals surface area contributed by atoms with Gasteiger partial charge in [-0.25, -0.2) is 4.79 Å². The van der Waals surface area contributed by atoms with Crippen molar-refractivity contribution in [3.8, 4) is 0 Å². The van der Waals surface area contributed by atoms with Crippen LogP contribution >= 0.6 is 0 Å². The molecule has 0 aliphatic carbocycles. The molecule has 1 heterocycles. The van der Waals surface area contributed by atoms with Gasteiger partial charge in [-0.15, -0.1) is 0 Å². The number of rotatable bonds is 2. The zero-order valence-corrected chi connectivity index (χ0v) is 7.39. The summed E-state index contributed by atoms with van der Waals surface area (Å²) in [5, 5.41) is 36.8. The van der Waals surface area contributed by atoms with Crippen LogP contribution in [0.1, 0.15) is 0 Å². The Labute approximate surface area is 83.9 Å². The summed E-state index contributed by atoms with van der Waals surface area (Å²) < 4.78 is 4.25. The van der Waals surface area contributed by atoms with Crippen molar-refractivity contribution in [2.24, 2.45) is 0 Å². The molecular formula is C6H7FeO6+2. The number of aliphatic hydroxyl groups excluding tert-OH is 3. The van der Waals surface area contributed by atoms with Gasteiger partial charge < -0.3 is 25.2 Å². The fourth-order valence-electron chi connectivity index (χ4n) is 0.815. The normalized spacial score (nSPS) is 23.8. The number of carbonyl (C=O) groups excluding carboxylic acids is 1. The molecule has 0 aromatic heterocycles. The van der Waals surface area contributed by atoms with Crippen molar-refractivity contribution < 1.29 is 47.0 Å². The third-order valence-corrected chi connectivity index (χ3v) is 1.46. The third kappa shape index (κ3) is 2.13. The Bertz CT molecular complexity index is 237. The molecule has 13 heavy (non-hydrogen) atoms. The number of esters is 1. The number of carbonyl (C=O) groups is 1. The van der Waals surface area contributed by atoms with E-state index < -0.39 is 36.3 Å². The van der Waals surface area contributed by atoms with E-state index in [1.807, 2.05) is 0 Å². The number of ether oxygens (including phenoxy) is 1. The van der Waals surface area contributed by atoms with Crippen LogP contribution in [-0.2, 0) is 26.6 Å². The molecular weight excluding hydrogens is 224 g/mol. The standard InChI is InChI=1S/C6H8O6.Fe/c7-1-2(8)5-3(9)4(10)6(11)12-5;/h2,5,7-10H,1H2;/q;+3/p-1/t2-,5+;/m0./s1. The second-order valence-corrected chi connectivity index (χ2v) is 2.29. The summed E-state index contributed by atoms with van der Waals surface area (Å²) in [5.74, 6) is -3.25. The molecule has 73 valence electrons. The zero-order chi connectivity index (χ0) is 9.30. The first-order valence-electron chi connectivity index (χ1n) is 3.18. The van der Waals surface area contributed by atoms with E-state index in [4.69, 9.17) is 15.3 Å². The smallest absolute Gasteiger partial charge is 0.865 e. The molecule has 7 heteroatoms. The van der Waals surface area contributed by atoms with E-state index in [9.17, 15) is 9.90 Å². The maximum Gasteiger partial charge on any atom is 3.00 e. The quantitative estimate of drug-likeness (QED) is 0.355. The van der Waals surface area contributed by atoms with Gasteiger partial charge in [0.15, 0.2) is 6.10 Å². The Balaban J connectivity index is 0.00000144. The van der Waals surface area contributed by atoms with Gasteiger partial charge >= 0.3 is 23.0 Å². The van der Waals surface area contributed by atoms with Crippen LogP contribution in [0.5, 0.6) is 0 Å². The molecule has 1 aliphatic rings. The minimum absolute atomic E-state index is 0. The van der Waals surface area contributed by atoms with Crippen LogP contribution in [0, 0.1) is 0 Å². The minimum atomic E-state index is -1.46. The summed E-state index contributed by atoms with van der Waals surface area (Å²) in [5.41, 5.74) is 0. The molecule has 0 spiro atoms. The van der Waals surface area contributed by atoms with Crippen LogP contribution < -0.4 is 5.11 Å². The van der Waals surface area contributed by atoms with Crippen molar-refractivity contribution in [3.05, 3.63) is 11.5 Å². The molecule has 0 aromatic rings. The Morgan fingerprint density at radius 2 is 2.15 bits per heavy atom. The molecule has 0 amide bonds. The molecule has 0 saturated carbocycles. The number of hydrogen-bond donors (Lipinski definition) is 3. The zero-order valence-electron chi connectivity index (χ0n) is 6.28.